The van der Waals surface area contributed by atoms with Crippen molar-refractivity contribution < 1.29 is 0 Å². The molecule has 1 aliphatic carbocycles. The molecule has 1 aromatic carbocycles. The van der Waals surface area contributed by atoms with Crippen molar-refractivity contribution in [3.8, 4) is 0 Å². The molecule has 5 rings (SSSR count). The molecule has 0 spiro atoms. The zero-order valence-corrected chi connectivity index (χ0v) is 17.7. The van der Waals surface area contributed by atoms with Crippen molar-refractivity contribution in [2.24, 2.45) is 0 Å². The van der Waals surface area contributed by atoms with Crippen LogP contribution in [0.25, 0.3) is 10.9 Å². The van der Waals surface area contributed by atoms with Gasteiger partial charge in [-0.3, -0.25) is 9.36 Å². The molecule has 0 amide bonds. The molecule has 3 aromatic rings. The number of anilines is 2. The van der Waals surface area contributed by atoms with Crippen molar-refractivity contribution >= 4 is 22.7 Å². The smallest absolute Gasteiger partial charge is 0.261 e. The fraction of sp³-hybridized carbons (Fsp3) is 0.478. The van der Waals surface area contributed by atoms with E-state index in [0.29, 0.717) is 5.95 Å². The van der Waals surface area contributed by atoms with Gasteiger partial charge in [-0.2, -0.15) is 4.98 Å². The van der Waals surface area contributed by atoms with E-state index < -0.39 is 0 Å². The van der Waals surface area contributed by atoms with Gasteiger partial charge in [0.15, 0.2) is 0 Å². The average Bonchev–Trinajstić information content (AvgIpc) is 3.46. The van der Waals surface area contributed by atoms with Crippen LogP contribution in [0.5, 0.6) is 0 Å². The third-order valence-electron chi connectivity index (χ3n) is 6.40. The lowest BCUT2D eigenvalue weighted by molar-refractivity contribution is 0.454. The number of aromatic nitrogens is 4. The van der Waals surface area contributed by atoms with E-state index in [-0.39, 0.29) is 17.6 Å². The van der Waals surface area contributed by atoms with E-state index in [4.69, 9.17) is 9.97 Å². The summed E-state index contributed by atoms with van der Waals surface area (Å²) >= 11 is 0. The van der Waals surface area contributed by atoms with Crippen LogP contribution in [-0.2, 0) is 0 Å². The van der Waals surface area contributed by atoms with Crippen molar-refractivity contribution in [1.29, 1.82) is 0 Å². The van der Waals surface area contributed by atoms with Gasteiger partial charge >= 0.3 is 0 Å². The first kappa shape index (κ1) is 19.0. The standard InChI is InChI=1S/C23H28N6O/c1-27(2)23-24-14-13-20(26-23)28-15-7-12-19(28)21-25-18-11-6-5-10-17(18)22(30)29(21)16-8-3-4-9-16/h5-6,10-11,13-14,16,19H,3-4,7-9,12,15H2,1-2H3. The predicted molar refractivity (Wildman–Crippen MR) is 119 cm³/mol. The molecule has 30 heavy (non-hydrogen) atoms. The van der Waals surface area contributed by atoms with Crippen LogP contribution in [0.4, 0.5) is 11.8 Å². The van der Waals surface area contributed by atoms with Crippen LogP contribution in [0, 0.1) is 0 Å². The molecular weight excluding hydrogens is 376 g/mol. The van der Waals surface area contributed by atoms with Gasteiger partial charge in [-0.1, -0.05) is 25.0 Å². The van der Waals surface area contributed by atoms with Crippen molar-refractivity contribution in [3.05, 3.63) is 52.7 Å². The molecule has 1 atom stereocenters. The Kier molecular flexibility index (Phi) is 4.89. The van der Waals surface area contributed by atoms with Gasteiger partial charge in [0.05, 0.1) is 16.9 Å². The first-order valence-corrected chi connectivity index (χ1v) is 10.9. The molecule has 7 heteroatoms. The lowest BCUT2D eigenvalue weighted by Gasteiger charge is -2.29. The lowest BCUT2D eigenvalue weighted by atomic mass is 10.1. The molecule has 0 radical (unpaired) electrons. The summed E-state index contributed by atoms with van der Waals surface area (Å²) in [5, 5.41) is 0.717. The molecule has 1 saturated heterocycles. The second kappa shape index (κ2) is 7.70. The van der Waals surface area contributed by atoms with E-state index in [0.717, 1.165) is 54.8 Å². The Bertz CT molecular complexity index is 1120. The lowest BCUT2D eigenvalue weighted by Crippen LogP contribution is -2.34. The van der Waals surface area contributed by atoms with Gasteiger partial charge in [0.1, 0.15) is 11.6 Å². The molecule has 2 aliphatic rings. The zero-order valence-electron chi connectivity index (χ0n) is 17.7. The maximum absolute atomic E-state index is 13.6. The number of para-hydroxylation sites is 1. The molecule has 7 nitrogen and oxygen atoms in total. The molecule has 0 bridgehead atoms. The number of benzene rings is 1. The van der Waals surface area contributed by atoms with Crippen molar-refractivity contribution in [3.63, 3.8) is 0 Å². The minimum absolute atomic E-state index is 0.0489. The highest BCUT2D eigenvalue weighted by Crippen LogP contribution is 2.38. The van der Waals surface area contributed by atoms with Gasteiger partial charge in [-0.05, 0) is 43.9 Å². The van der Waals surface area contributed by atoms with Gasteiger partial charge in [0.25, 0.3) is 5.56 Å². The van der Waals surface area contributed by atoms with Gasteiger partial charge in [0, 0.05) is 32.9 Å². The molecule has 1 aliphatic heterocycles. The second-order valence-electron chi connectivity index (χ2n) is 8.56. The molecular formula is C23H28N6O. The molecule has 1 saturated carbocycles. The Morgan fingerprint density at radius 2 is 1.80 bits per heavy atom. The van der Waals surface area contributed by atoms with E-state index in [1.54, 1.807) is 0 Å². The van der Waals surface area contributed by atoms with E-state index in [2.05, 4.69) is 9.88 Å². The third-order valence-corrected chi connectivity index (χ3v) is 6.40. The quantitative estimate of drug-likeness (QED) is 0.660. The average molecular weight is 405 g/mol. The number of rotatable bonds is 4. The molecule has 0 N–H and O–H groups in total. The van der Waals surface area contributed by atoms with Gasteiger partial charge in [0.2, 0.25) is 5.95 Å². The van der Waals surface area contributed by atoms with E-state index in [9.17, 15) is 4.79 Å². The fourth-order valence-corrected chi connectivity index (χ4v) is 4.94. The van der Waals surface area contributed by atoms with Gasteiger partial charge in [-0.15, -0.1) is 0 Å². The maximum Gasteiger partial charge on any atom is 0.261 e. The summed E-state index contributed by atoms with van der Waals surface area (Å²) in [5.74, 6) is 2.49. The Morgan fingerprint density at radius 1 is 1.00 bits per heavy atom. The normalized spacial score (nSPS) is 19.7. The van der Waals surface area contributed by atoms with Crippen molar-refractivity contribution in [2.45, 2.75) is 50.6 Å². The summed E-state index contributed by atoms with van der Waals surface area (Å²) in [6.45, 7) is 0.905. The number of nitrogens with zero attached hydrogens (tertiary/aromatic N) is 6. The van der Waals surface area contributed by atoms with Crippen LogP contribution in [-0.4, -0.2) is 40.2 Å². The Hall–Kier alpha value is -2.96. The molecule has 2 aromatic heterocycles. The Balaban J connectivity index is 1.65. The maximum atomic E-state index is 13.6. The van der Waals surface area contributed by atoms with E-state index >= 15 is 0 Å². The monoisotopic (exact) mass is 404 g/mol. The van der Waals surface area contributed by atoms with Crippen LogP contribution < -0.4 is 15.4 Å². The Labute approximate surface area is 176 Å². The minimum atomic E-state index is 0.0489. The highest BCUT2D eigenvalue weighted by atomic mass is 16.1. The summed E-state index contributed by atoms with van der Waals surface area (Å²) < 4.78 is 2.02. The highest BCUT2D eigenvalue weighted by Gasteiger charge is 2.34. The summed E-state index contributed by atoms with van der Waals surface area (Å²) in [7, 11) is 3.90. The van der Waals surface area contributed by atoms with E-state index in [1.165, 1.54) is 12.8 Å². The first-order valence-electron chi connectivity index (χ1n) is 10.9. The third kappa shape index (κ3) is 3.22. The van der Waals surface area contributed by atoms with Crippen molar-refractivity contribution in [1.82, 2.24) is 19.5 Å². The number of hydrogen-bond donors (Lipinski definition) is 0. The van der Waals surface area contributed by atoms with Crippen LogP contribution in [0.15, 0.2) is 41.3 Å². The zero-order chi connectivity index (χ0) is 20.7. The predicted octanol–water partition coefficient (Wildman–Crippen LogP) is 3.71. The van der Waals surface area contributed by atoms with Crippen molar-refractivity contribution in [2.75, 3.05) is 30.4 Å². The molecule has 3 heterocycles. The summed E-state index contributed by atoms with van der Waals surface area (Å²) in [6, 6.07) is 9.99. The van der Waals surface area contributed by atoms with Gasteiger partial charge in [-0.25, -0.2) is 9.97 Å². The van der Waals surface area contributed by atoms with Crippen LogP contribution in [0.2, 0.25) is 0 Å². The van der Waals surface area contributed by atoms with Crippen LogP contribution in [0.3, 0.4) is 0 Å². The highest BCUT2D eigenvalue weighted by molar-refractivity contribution is 5.77. The fourth-order valence-electron chi connectivity index (χ4n) is 4.94. The largest absolute Gasteiger partial charge is 0.347 e. The van der Waals surface area contributed by atoms with Gasteiger partial charge < -0.3 is 9.80 Å². The topological polar surface area (TPSA) is 67.2 Å². The molecule has 1 unspecified atom stereocenters. The van der Waals surface area contributed by atoms with Crippen LogP contribution >= 0.6 is 0 Å². The first-order chi connectivity index (χ1) is 14.6. The summed E-state index contributed by atoms with van der Waals surface area (Å²) in [4.78, 5) is 32.0. The number of fused-ring (bicyclic) bond motifs is 1. The molecule has 156 valence electrons. The van der Waals surface area contributed by atoms with Crippen LogP contribution in [0.1, 0.15) is 56.4 Å². The SMILES string of the molecule is CN(C)c1nccc(N2CCCC2c2nc3ccccc3c(=O)n2C2CCCC2)n1. The van der Waals surface area contributed by atoms with E-state index in [1.807, 2.05) is 60.1 Å². The summed E-state index contributed by atoms with van der Waals surface area (Å²) in [5.41, 5.74) is 0.890. The Morgan fingerprint density at radius 3 is 2.60 bits per heavy atom. The summed E-state index contributed by atoms with van der Waals surface area (Å²) in [6.07, 6.45) is 8.30. The number of hydrogen-bond acceptors (Lipinski definition) is 6. The molecule has 2 fully saturated rings. The minimum Gasteiger partial charge on any atom is -0.347 e. The second-order valence-corrected chi connectivity index (χ2v) is 8.56.